The molecule has 5 heteroatoms. The summed E-state index contributed by atoms with van der Waals surface area (Å²) in [4.78, 5) is 14.6. The van der Waals surface area contributed by atoms with E-state index in [2.05, 4.69) is 40.0 Å². The van der Waals surface area contributed by atoms with Gasteiger partial charge in [0.25, 0.3) is 5.91 Å². The molecule has 0 saturated carbocycles. The fraction of sp³-hybridized carbons (Fsp3) is 0.562. The van der Waals surface area contributed by atoms with Crippen LogP contribution in [-0.4, -0.2) is 41.6 Å². The fourth-order valence-electron chi connectivity index (χ4n) is 2.62. The molecular formula is C16H23BrN2O2. The Balaban J connectivity index is 1.87. The van der Waals surface area contributed by atoms with Crippen LogP contribution in [0.15, 0.2) is 22.7 Å². The Morgan fingerprint density at radius 1 is 1.48 bits per heavy atom. The van der Waals surface area contributed by atoms with Gasteiger partial charge in [-0.2, -0.15) is 0 Å². The number of hydrogen-bond donors (Lipinski definition) is 2. The minimum absolute atomic E-state index is 0.00940. The molecule has 1 aromatic rings. The van der Waals surface area contributed by atoms with Gasteiger partial charge in [0.05, 0.1) is 5.56 Å². The highest BCUT2D eigenvalue weighted by Crippen LogP contribution is 2.22. The van der Waals surface area contributed by atoms with Crippen LogP contribution in [0.2, 0.25) is 0 Å². The van der Waals surface area contributed by atoms with E-state index in [0.717, 1.165) is 23.5 Å². The van der Waals surface area contributed by atoms with Crippen molar-refractivity contribution in [2.24, 2.45) is 5.92 Å². The molecule has 0 aromatic heterocycles. The second kappa shape index (κ2) is 7.27. The van der Waals surface area contributed by atoms with E-state index in [-0.39, 0.29) is 11.7 Å². The van der Waals surface area contributed by atoms with E-state index in [0.29, 0.717) is 18.2 Å². The second-order valence-electron chi connectivity index (χ2n) is 5.94. The Hall–Kier alpha value is -1.07. The molecule has 1 amide bonds. The first-order valence-corrected chi connectivity index (χ1v) is 8.27. The Morgan fingerprint density at radius 2 is 2.14 bits per heavy atom. The topological polar surface area (TPSA) is 52.6 Å². The lowest BCUT2D eigenvalue weighted by Crippen LogP contribution is -2.45. The lowest BCUT2D eigenvalue weighted by molar-refractivity contribution is 0.0919. The van der Waals surface area contributed by atoms with Crippen molar-refractivity contribution in [3.8, 4) is 5.75 Å². The smallest absolute Gasteiger partial charge is 0.255 e. The monoisotopic (exact) mass is 354 g/mol. The van der Waals surface area contributed by atoms with Crippen LogP contribution in [0.5, 0.6) is 5.75 Å². The number of phenolic OH excluding ortho intramolecular Hbond substituents is 1. The summed E-state index contributed by atoms with van der Waals surface area (Å²) in [5.41, 5.74) is 0.309. The van der Waals surface area contributed by atoms with Crippen LogP contribution in [0.1, 0.15) is 37.0 Å². The summed E-state index contributed by atoms with van der Waals surface area (Å²) >= 11 is 3.31. The molecule has 1 fully saturated rings. The summed E-state index contributed by atoms with van der Waals surface area (Å²) in [5.74, 6) is 0.586. The number of halogens is 1. The van der Waals surface area contributed by atoms with E-state index >= 15 is 0 Å². The van der Waals surface area contributed by atoms with Gasteiger partial charge in [-0.1, -0.05) is 22.9 Å². The number of piperidine rings is 1. The maximum absolute atomic E-state index is 12.1. The lowest BCUT2D eigenvalue weighted by Gasteiger charge is -2.35. The average Bonchev–Trinajstić information content (AvgIpc) is 2.47. The van der Waals surface area contributed by atoms with Crippen molar-refractivity contribution in [1.82, 2.24) is 10.2 Å². The number of hydrogen-bond acceptors (Lipinski definition) is 3. The fourth-order valence-corrected chi connectivity index (χ4v) is 2.99. The minimum Gasteiger partial charge on any atom is -0.507 e. The van der Waals surface area contributed by atoms with E-state index in [1.807, 2.05) is 0 Å². The van der Waals surface area contributed by atoms with Crippen molar-refractivity contribution in [2.75, 3.05) is 19.6 Å². The number of nitrogens with zero attached hydrogens (tertiary/aromatic N) is 1. The third-order valence-corrected chi connectivity index (χ3v) is 4.70. The number of rotatable bonds is 4. The first-order chi connectivity index (χ1) is 9.97. The maximum Gasteiger partial charge on any atom is 0.255 e. The van der Waals surface area contributed by atoms with Gasteiger partial charge >= 0.3 is 0 Å². The Bertz CT molecular complexity index is 499. The van der Waals surface area contributed by atoms with E-state index < -0.39 is 0 Å². The summed E-state index contributed by atoms with van der Waals surface area (Å²) in [6, 6.07) is 5.19. The van der Waals surface area contributed by atoms with Crippen molar-refractivity contribution >= 4 is 21.8 Å². The molecule has 0 radical (unpaired) electrons. The first-order valence-electron chi connectivity index (χ1n) is 7.48. The van der Waals surface area contributed by atoms with Crippen molar-refractivity contribution in [2.45, 2.75) is 32.7 Å². The molecule has 2 N–H and O–H groups in total. The number of carbonyl (C=O) groups excluding carboxylic acids is 1. The van der Waals surface area contributed by atoms with Gasteiger partial charge in [0, 0.05) is 17.1 Å². The molecule has 1 aromatic carbocycles. The summed E-state index contributed by atoms with van der Waals surface area (Å²) < 4.78 is 0.781. The van der Waals surface area contributed by atoms with Crippen molar-refractivity contribution < 1.29 is 9.90 Å². The molecule has 21 heavy (non-hydrogen) atoms. The van der Waals surface area contributed by atoms with Gasteiger partial charge in [-0.05, 0) is 57.0 Å². The van der Waals surface area contributed by atoms with Crippen molar-refractivity contribution in [3.05, 3.63) is 28.2 Å². The molecule has 1 heterocycles. The highest BCUT2D eigenvalue weighted by atomic mass is 79.9. The molecular weight excluding hydrogens is 332 g/mol. The van der Waals surface area contributed by atoms with E-state index in [4.69, 9.17) is 0 Å². The Morgan fingerprint density at radius 3 is 2.81 bits per heavy atom. The number of likely N-dealkylation sites (tertiary alicyclic amines) is 1. The Kier molecular flexibility index (Phi) is 5.65. The van der Waals surface area contributed by atoms with Gasteiger partial charge in [-0.15, -0.1) is 0 Å². The summed E-state index contributed by atoms with van der Waals surface area (Å²) in [6.45, 7) is 7.22. The number of carbonyl (C=O) groups is 1. The third-order valence-electron chi connectivity index (χ3n) is 4.20. The predicted molar refractivity (Wildman–Crippen MR) is 87.6 cm³/mol. The third kappa shape index (κ3) is 4.45. The molecule has 2 rings (SSSR count). The van der Waals surface area contributed by atoms with Crippen LogP contribution in [0.25, 0.3) is 0 Å². The molecule has 1 saturated heterocycles. The molecule has 0 aliphatic carbocycles. The van der Waals surface area contributed by atoms with Crippen LogP contribution >= 0.6 is 15.9 Å². The average molecular weight is 355 g/mol. The van der Waals surface area contributed by atoms with Gasteiger partial charge in [0.15, 0.2) is 0 Å². The summed E-state index contributed by atoms with van der Waals surface area (Å²) in [5, 5.41) is 12.7. The van der Waals surface area contributed by atoms with Crippen molar-refractivity contribution in [1.29, 1.82) is 0 Å². The number of nitrogens with one attached hydrogen (secondary N) is 1. The number of amides is 1. The minimum atomic E-state index is -0.231. The second-order valence-corrected chi connectivity index (χ2v) is 6.85. The standard InChI is InChI=1S/C16H23BrN2O2/c1-11-5-7-19(8-6-11)12(2)10-18-16(21)14-9-13(17)3-4-15(14)20/h3-4,9,11-12,20H,5-8,10H2,1-2H3,(H,18,21). The maximum atomic E-state index is 12.1. The van der Waals surface area contributed by atoms with Crippen molar-refractivity contribution in [3.63, 3.8) is 0 Å². The van der Waals surface area contributed by atoms with Crippen LogP contribution < -0.4 is 5.32 Å². The van der Waals surface area contributed by atoms with Crippen LogP contribution in [0, 0.1) is 5.92 Å². The summed E-state index contributed by atoms with van der Waals surface area (Å²) in [7, 11) is 0. The summed E-state index contributed by atoms with van der Waals surface area (Å²) in [6.07, 6.45) is 2.45. The van der Waals surface area contributed by atoms with Gasteiger partial charge in [0.1, 0.15) is 5.75 Å². The number of benzene rings is 1. The highest BCUT2D eigenvalue weighted by molar-refractivity contribution is 9.10. The van der Waals surface area contributed by atoms with Crippen LogP contribution in [-0.2, 0) is 0 Å². The predicted octanol–water partition coefficient (Wildman–Crippen LogP) is 3.00. The van der Waals surface area contributed by atoms with Crippen LogP contribution in [0.3, 0.4) is 0 Å². The van der Waals surface area contributed by atoms with E-state index in [9.17, 15) is 9.90 Å². The SMILES string of the molecule is CC1CCN(C(C)CNC(=O)c2cc(Br)ccc2O)CC1. The quantitative estimate of drug-likeness (QED) is 0.873. The number of phenols is 1. The van der Waals surface area contributed by atoms with Gasteiger partial charge in [-0.3, -0.25) is 9.69 Å². The Labute approximate surface area is 134 Å². The molecule has 0 spiro atoms. The molecule has 0 bridgehead atoms. The zero-order chi connectivity index (χ0) is 15.4. The molecule has 1 atom stereocenters. The van der Waals surface area contributed by atoms with E-state index in [1.54, 1.807) is 12.1 Å². The molecule has 1 aliphatic heterocycles. The first kappa shape index (κ1) is 16.3. The zero-order valence-electron chi connectivity index (χ0n) is 12.6. The molecule has 4 nitrogen and oxygen atoms in total. The lowest BCUT2D eigenvalue weighted by atomic mass is 9.98. The largest absolute Gasteiger partial charge is 0.507 e. The van der Waals surface area contributed by atoms with Crippen LogP contribution in [0.4, 0.5) is 0 Å². The van der Waals surface area contributed by atoms with Gasteiger partial charge in [0.2, 0.25) is 0 Å². The van der Waals surface area contributed by atoms with Gasteiger partial charge in [-0.25, -0.2) is 0 Å². The zero-order valence-corrected chi connectivity index (χ0v) is 14.2. The van der Waals surface area contributed by atoms with E-state index in [1.165, 1.54) is 18.9 Å². The van der Waals surface area contributed by atoms with Gasteiger partial charge < -0.3 is 10.4 Å². The molecule has 1 unspecified atom stereocenters. The normalized spacial score (nSPS) is 18.4. The highest BCUT2D eigenvalue weighted by Gasteiger charge is 2.21. The molecule has 116 valence electrons. The number of aromatic hydroxyl groups is 1. The molecule has 1 aliphatic rings.